The predicted octanol–water partition coefficient (Wildman–Crippen LogP) is 6.18. The van der Waals surface area contributed by atoms with Crippen LogP contribution >= 0.6 is 0 Å². The summed E-state index contributed by atoms with van der Waals surface area (Å²) < 4.78 is 25.7. The number of rotatable bonds is 9. The van der Waals surface area contributed by atoms with Crippen LogP contribution in [0.2, 0.25) is 0 Å². The van der Waals surface area contributed by atoms with Gasteiger partial charge < -0.3 is 29.2 Å². The fourth-order valence-corrected chi connectivity index (χ4v) is 8.54. The molecule has 2 fully saturated rings. The number of phenols is 1. The summed E-state index contributed by atoms with van der Waals surface area (Å²) in [6, 6.07) is 0. The maximum atomic E-state index is 14.8. The van der Waals surface area contributed by atoms with Crippen LogP contribution in [0.15, 0.2) is 46.8 Å². The largest absolute Gasteiger partial charge is 0.507 e. The van der Waals surface area contributed by atoms with E-state index in [9.17, 15) is 24.6 Å². The highest BCUT2D eigenvalue weighted by molar-refractivity contribution is 6.18. The lowest BCUT2D eigenvalue weighted by Gasteiger charge is -2.56. The van der Waals surface area contributed by atoms with Gasteiger partial charge in [0.1, 0.15) is 34.2 Å². The minimum absolute atomic E-state index is 0.0186. The number of ketones is 2. The molecule has 1 aromatic carbocycles. The van der Waals surface area contributed by atoms with Crippen molar-refractivity contribution in [1.29, 1.82) is 0 Å². The van der Waals surface area contributed by atoms with Crippen molar-refractivity contribution in [2.24, 2.45) is 11.8 Å². The number of ether oxygens (including phenoxy) is 4. The quantitative estimate of drug-likeness (QED) is 0.184. The van der Waals surface area contributed by atoms with Crippen molar-refractivity contribution in [3.63, 3.8) is 0 Å². The molecule has 47 heavy (non-hydrogen) atoms. The molecule has 6 atom stereocenters. The van der Waals surface area contributed by atoms with Gasteiger partial charge in [0.25, 0.3) is 6.47 Å². The number of aliphatic hydroxyl groups is 1. The van der Waals surface area contributed by atoms with Crippen LogP contribution in [-0.4, -0.2) is 56.8 Å². The van der Waals surface area contributed by atoms with Crippen LogP contribution in [0.3, 0.4) is 0 Å². The first-order valence-corrected chi connectivity index (χ1v) is 16.5. The number of fused-ring (bicyclic) bond motifs is 2. The molecule has 1 saturated heterocycles. The number of Topliss-reactive ketones (excluding diaryl/α,β-unsaturated/α-hetero) is 2. The van der Waals surface area contributed by atoms with Gasteiger partial charge in [0.05, 0.1) is 11.7 Å². The number of aliphatic hydroxyl groups excluding tert-OH is 1. The SMILES string of the molecule is CC(C)=CCC[C@@]1(C)Oc2c(c(O)c3c(c2CC=C(C)C)O[C@]24C(=C[C@@H]5CC2C(C)(C)O[C@]4(C/C=C(/C)OC=O)C5=O)C3=O)C[C@H]1O. The lowest BCUT2D eigenvalue weighted by Crippen LogP contribution is -2.72. The molecule has 0 aromatic heterocycles. The zero-order chi connectivity index (χ0) is 34.3. The third-order valence-electron chi connectivity index (χ3n) is 10.9. The molecule has 4 bridgehead atoms. The second-order valence-electron chi connectivity index (χ2n) is 15.1. The van der Waals surface area contributed by atoms with Crippen molar-refractivity contribution in [2.45, 2.75) is 122 Å². The number of phenolic OH excluding ortho intramolecular Hbond substituents is 1. The van der Waals surface area contributed by atoms with Gasteiger partial charge in [-0.2, -0.15) is 0 Å². The summed E-state index contributed by atoms with van der Waals surface area (Å²) in [4.78, 5) is 40.2. The molecular weight excluding hydrogens is 600 g/mol. The van der Waals surface area contributed by atoms with Gasteiger partial charge in [-0.3, -0.25) is 14.4 Å². The fraction of sp³-hybridized carbons (Fsp3) is 0.553. The first-order chi connectivity index (χ1) is 22.0. The molecule has 3 aliphatic heterocycles. The minimum Gasteiger partial charge on any atom is -0.507 e. The maximum absolute atomic E-state index is 14.8. The minimum atomic E-state index is -1.58. The summed E-state index contributed by atoms with van der Waals surface area (Å²) in [6.07, 6.45) is 8.65. The molecule has 0 amide bonds. The zero-order valence-corrected chi connectivity index (χ0v) is 28.6. The van der Waals surface area contributed by atoms with E-state index in [0.29, 0.717) is 60.4 Å². The van der Waals surface area contributed by atoms with Crippen LogP contribution in [0.1, 0.15) is 103 Å². The second-order valence-corrected chi connectivity index (χ2v) is 15.1. The Morgan fingerprint density at radius 2 is 1.72 bits per heavy atom. The number of aromatic hydroxyl groups is 1. The molecule has 1 spiro atoms. The van der Waals surface area contributed by atoms with Crippen LogP contribution < -0.4 is 9.47 Å². The monoisotopic (exact) mass is 646 g/mol. The summed E-state index contributed by atoms with van der Waals surface area (Å²) in [5, 5.41) is 23.2. The average molecular weight is 647 g/mol. The molecular formula is C38H46O9. The highest BCUT2D eigenvalue weighted by atomic mass is 16.6. The summed E-state index contributed by atoms with van der Waals surface area (Å²) in [5.74, 6) is -0.958. The second kappa shape index (κ2) is 11.2. The molecule has 1 unspecified atom stereocenters. The van der Waals surface area contributed by atoms with E-state index in [-0.39, 0.29) is 41.6 Å². The summed E-state index contributed by atoms with van der Waals surface area (Å²) in [5.41, 5.74) is -1.42. The zero-order valence-electron chi connectivity index (χ0n) is 28.6. The Labute approximate surface area is 276 Å². The Bertz CT molecular complexity index is 1680. The molecule has 252 valence electrons. The lowest BCUT2D eigenvalue weighted by molar-refractivity contribution is -0.171. The van der Waals surface area contributed by atoms with E-state index in [4.69, 9.17) is 18.9 Å². The Morgan fingerprint density at radius 3 is 2.38 bits per heavy atom. The van der Waals surface area contributed by atoms with E-state index < -0.39 is 40.2 Å². The van der Waals surface area contributed by atoms with Gasteiger partial charge in [0, 0.05) is 41.4 Å². The number of carbonyl (C=O) groups excluding carboxylic acids is 3. The van der Waals surface area contributed by atoms with Crippen molar-refractivity contribution in [2.75, 3.05) is 0 Å². The number of carbonyl (C=O) groups is 3. The van der Waals surface area contributed by atoms with Gasteiger partial charge >= 0.3 is 0 Å². The number of benzene rings is 1. The first kappa shape index (κ1) is 33.2. The average Bonchev–Trinajstić information content (AvgIpc) is 3.14. The van der Waals surface area contributed by atoms with Crippen LogP contribution in [0.25, 0.3) is 0 Å². The van der Waals surface area contributed by atoms with E-state index in [1.54, 1.807) is 19.1 Å². The molecule has 1 aromatic rings. The number of hydrogen-bond acceptors (Lipinski definition) is 9. The summed E-state index contributed by atoms with van der Waals surface area (Å²) in [7, 11) is 0. The molecule has 3 heterocycles. The van der Waals surface area contributed by atoms with E-state index in [1.807, 2.05) is 54.5 Å². The molecule has 7 rings (SSSR count). The first-order valence-electron chi connectivity index (χ1n) is 16.5. The van der Waals surface area contributed by atoms with Crippen molar-refractivity contribution in [1.82, 2.24) is 0 Å². The summed E-state index contributed by atoms with van der Waals surface area (Å²) in [6.45, 7) is 15.6. The Hall–Kier alpha value is -3.69. The van der Waals surface area contributed by atoms with E-state index in [2.05, 4.69) is 6.08 Å². The highest BCUT2D eigenvalue weighted by Crippen LogP contribution is 2.68. The van der Waals surface area contributed by atoms with Gasteiger partial charge in [-0.1, -0.05) is 29.4 Å². The lowest BCUT2D eigenvalue weighted by atomic mass is 9.51. The van der Waals surface area contributed by atoms with Crippen LogP contribution in [0.4, 0.5) is 0 Å². The van der Waals surface area contributed by atoms with Crippen LogP contribution in [0.5, 0.6) is 17.2 Å². The van der Waals surface area contributed by atoms with Gasteiger partial charge in [0.2, 0.25) is 0 Å². The Balaban J connectivity index is 1.58. The van der Waals surface area contributed by atoms with Gasteiger partial charge in [-0.25, -0.2) is 0 Å². The fourth-order valence-electron chi connectivity index (χ4n) is 8.54. The van der Waals surface area contributed by atoms with Crippen molar-refractivity contribution in [3.05, 3.63) is 63.5 Å². The highest BCUT2D eigenvalue weighted by Gasteiger charge is 2.81. The topological polar surface area (TPSA) is 129 Å². The van der Waals surface area contributed by atoms with Crippen LogP contribution in [-0.2, 0) is 31.9 Å². The third kappa shape index (κ3) is 4.75. The molecule has 0 radical (unpaired) electrons. The Morgan fingerprint density at radius 1 is 1.02 bits per heavy atom. The van der Waals surface area contributed by atoms with Crippen LogP contribution in [0, 0.1) is 11.8 Å². The van der Waals surface area contributed by atoms with Gasteiger partial charge in [-0.05, 0) is 87.1 Å². The number of hydrogen-bond donors (Lipinski definition) is 2. The molecule has 1 saturated carbocycles. The van der Waals surface area contributed by atoms with Gasteiger partial charge in [-0.15, -0.1) is 0 Å². The van der Waals surface area contributed by atoms with Gasteiger partial charge in [0.15, 0.2) is 22.8 Å². The van der Waals surface area contributed by atoms with E-state index >= 15 is 0 Å². The Kier molecular flexibility index (Phi) is 7.91. The van der Waals surface area contributed by atoms with Crippen molar-refractivity contribution >= 4 is 18.0 Å². The maximum Gasteiger partial charge on any atom is 0.298 e. The molecule has 9 nitrogen and oxygen atoms in total. The predicted molar refractivity (Wildman–Crippen MR) is 174 cm³/mol. The molecule has 6 aliphatic rings. The standard InChI is InChI=1S/C38H46O9/c1-20(2)10-9-14-36(8)28(40)18-25-30(41)29-31(42)26-16-23-17-27-35(6,7)47-37(34(23)43,15-13-22(5)44-19-39)38(26,27)46-33(29)24(32(25)45-36)12-11-21(3)4/h10-11,13,16,19,23,27-28,40-41H,9,12,14-15,17-18H2,1-8H3/b22-13-/t23-,27?,28-,36-,37-,38-/m1/s1. The third-order valence-corrected chi connectivity index (χ3v) is 10.9. The van der Waals surface area contributed by atoms with E-state index in [0.717, 1.165) is 5.57 Å². The smallest absolute Gasteiger partial charge is 0.298 e. The molecule has 2 N–H and O–H groups in total. The van der Waals surface area contributed by atoms with Crippen molar-refractivity contribution in [3.8, 4) is 17.2 Å². The molecule has 9 heteroatoms. The summed E-state index contributed by atoms with van der Waals surface area (Å²) >= 11 is 0. The number of allylic oxidation sites excluding steroid dienone is 6. The van der Waals surface area contributed by atoms with E-state index in [1.165, 1.54) is 5.57 Å². The molecule has 3 aliphatic carbocycles. The normalized spacial score (nSPS) is 32.7. The van der Waals surface area contributed by atoms with Crippen molar-refractivity contribution < 1.29 is 43.5 Å².